The van der Waals surface area contributed by atoms with Crippen LogP contribution in [0.2, 0.25) is 0 Å². The molecule has 2 atom stereocenters. The minimum absolute atomic E-state index is 0.0226. The number of piperazine rings is 1. The van der Waals surface area contributed by atoms with Crippen molar-refractivity contribution >= 4 is 17.9 Å². The summed E-state index contributed by atoms with van der Waals surface area (Å²) < 4.78 is 0. The maximum Gasteiger partial charge on any atom is 0.252 e. The Bertz CT molecular complexity index is 575. The minimum Gasteiger partial charge on any atom is -0.355 e. The third kappa shape index (κ3) is 4.14. The van der Waals surface area contributed by atoms with Crippen molar-refractivity contribution in [3.63, 3.8) is 0 Å². The average molecular weight is 302 g/mol. The quantitative estimate of drug-likeness (QED) is 0.805. The second kappa shape index (κ2) is 7.17. The molecule has 2 N–H and O–H groups in total. The zero-order valence-corrected chi connectivity index (χ0v) is 13.2. The lowest BCUT2D eigenvalue weighted by Crippen LogP contribution is -2.55. The number of rotatable bonds is 3. The van der Waals surface area contributed by atoms with Gasteiger partial charge in [0, 0.05) is 50.7 Å². The van der Waals surface area contributed by atoms with Crippen LogP contribution in [0.25, 0.3) is 6.08 Å². The van der Waals surface area contributed by atoms with Crippen LogP contribution in [-0.4, -0.2) is 53.9 Å². The molecule has 22 heavy (non-hydrogen) atoms. The molecule has 1 fully saturated rings. The highest BCUT2D eigenvalue weighted by molar-refractivity contribution is 5.95. The van der Waals surface area contributed by atoms with E-state index in [-0.39, 0.29) is 11.8 Å². The third-order valence-corrected chi connectivity index (χ3v) is 3.54. The minimum atomic E-state index is -0.196. The van der Waals surface area contributed by atoms with Gasteiger partial charge in [0.1, 0.15) is 0 Å². The maximum atomic E-state index is 12.2. The first-order valence-electron chi connectivity index (χ1n) is 7.39. The molecule has 0 spiro atoms. The summed E-state index contributed by atoms with van der Waals surface area (Å²) in [6.45, 7) is 5.53. The molecule has 2 heterocycles. The van der Waals surface area contributed by atoms with E-state index in [2.05, 4.69) is 29.5 Å². The number of aromatic nitrogens is 1. The predicted molar refractivity (Wildman–Crippen MR) is 85.3 cm³/mol. The molecule has 0 radical (unpaired) electrons. The van der Waals surface area contributed by atoms with Gasteiger partial charge in [-0.2, -0.15) is 0 Å². The summed E-state index contributed by atoms with van der Waals surface area (Å²) in [6, 6.07) is 2.29. The van der Waals surface area contributed by atoms with Crippen LogP contribution in [0, 0.1) is 0 Å². The van der Waals surface area contributed by atoms with Gasteiger partial charge in [-0.3, -0.25) is 14.6 Å². The summed E-state index contributed by atoms with van der Waals surface area (Å²) >= 11 is 0. The van der Waals surface area contributed by atoms with Gasteiger partial charge >= 0.3 is 0 Å². The van der Waals surface area contributed by atoms with Crippen molar-refractivity contribution in [3.05, 3.63) is 35.7 Å². The van der Waals surface area contributed by atoms with Gasteiger partial charge in [-0.25, -0.2) is 0 Å². The van der Waals surface area contributed by atoms with Crippen molar-refractivity contribution in [1.29, 1.82) is 0 Å². The predicted octanol–water partition coefficient (Wildman–Crippen LogP) is 0.663. The third-order valence-electron chi connectivity index (χ3n) is 3.54. The van der Waals surface area contributed by atoms with Gasteiger partial charge in [0.05, 0.1) is 5.56 Å². The molecule has 0 aromatic carbocycles. The number of nitrogens with one attached hydrogen (secondary N) is 2. The molecule has 6 heteroatoms. The van der Waals surface area contributed by atoms with E-state index in [0.717, 1.165) is 5.56 Å². The fourth-order valence-corrected chi connectivity index (χ4v) is 2.60. The van der Waals surface area contributed by atoms with Gasteiger partial charge in [-0.05, 0) is 31.6 Å². The Labute approximate surface area is 130 Å². The molecular formula is C16H22N4O2. The van der Waals surface area contributed by atoms with E-state index in [1.165, 1.54) is 12.3 Å². The summed E-state index contributed by atoms with van der Waals surface area (Å²) in [5, 5.41) is 5.94. The van der Waals surface area contributed by atoms with E-state index < -0.39 is 0 Å². The molecule has 0 saturated carbocycles. The largest absolute Gasteiger partial charge is 0.355 e. The molecule has 0 bridgehead atoms. The summed E-state index contributed by atoms with van der Waals surface area (Å²) in [6.07, 6.45) is 6.35. The van der Waals surface area contributed by atoms with Crippen LogP contribution >= 0.6 is 0 Å². The fraction of sp³-hybridized carbons (Fsp3) is 0.438. The highest BCUT2D eigenvalue weighted by atomic mass is 16.2. The van der Waals surface area contributed by atoms with Gasteiger partial charge in [0.2, 0.25) is 5.91 Å². The molecule has 1 aromatic heterocycles. The molecule has 2 amide bonds. The highest BCUT2D eigenvalue weighted by Crippen LogP contribution is 2.08. The molecular weight excluding hydrogens is 280 g/mol. The van der Waals surface area contributed by atoms with Crippen LogP contribution < -0.4 is 10.6 Å². The average Bonchev–Trinajstić information content (AvgIpc) is 2.51. The van der Waals surface area contributed by atoms with Gasteiger partial charge in [-0.15, -0.1) is 0 Å². The second-order valence-corrected chi connectivity index (χ2v) is 5.63. The number of amides is 2. The van der Waals surface area contributed by atoms with E-state index >= 15 is 0 Å². The lowest BCUT2D eigenvalue weighted by Gasteiger charge is -2.35. The normalized spacial score (nSPS) is 21.9. The van der Waals surface area contributed by atoms with Crippen molar-refractivity contribution < 1.29 is 9.59 Å². The van der Waals surface area contributed by atoms with Crippen LogP contribution in [-0.2, 0) is 4.79 Å². The molecule has 2 unspecified atom stereocenters. The van der Waals surface area contributed by atoms with E-state index in [1.54, 1.807) is 25.4 Å². The van der Waals surface area contributed by atoms with Crippen molar-refractivity contribution in [2.45, 2.75) is 25.9 Å². The zero-order chi connectivity index (χ0) is 16.1. The highest BCUT2D eigenvalue weighted by Gasteiger charge is 2.23. The first-order chi connectivity index (χ1) is 10.5. The molecule has 118 valence electrons. The Balaban J connectivity index is 2.05. The molecule has 6 nitrogen and oxygen atoms in total. The van der Waals surface area contributed by atoms with Crippen LogP contribution in [0.4, 0.5) is 0 Å². The lowest BCUT2D eigenvalue weighted by atomic mass is 10.1. The molecule has 0 aliphatic carbocycles. The summed E-state index contributed by atoms with van der Waals surface area (Å²) in [5.41, 5.74) is 1.20. The van der Waals surface area contributed by atoms with Crippen LogP contribution in [0.5, 0.6) is 0 Å². The Hall–Kier alpha value is -2.21. The summed E-state index contributed by atoms with van der Waals surface area (Å²) in [4.78, 5) is 29.7. The smallest absolute Gasteiger partial charge is 0.252 e. The van der Waals surface area contributed by atoms with E-state index in [4.69, 9.17) is 0 Å². The summed E-state index contributed by atoms with van der Waals surface area (Å²) in [5.74, 6) is -0.218. The van der Waals surface area contributed by atoms with Gasteiger partial charge in [0.25, 0.3) is 5.91 Å². The fourth-order valence-electron chi connectivity index (χ4n) is 2.60. The second-order valence-electron chi connectivity index (χ2n) is 5.63. The Kier molecular flexibility index (Phi) is 5.27. The Morgan fingerprint density at radius 2 is 2.00 bits per heavy atom. The number of carbonyl (C=O) groups excluding carboxylic acids is 2. The number of carbonyl (C=O) groups is 2. The number of nitrogens with zero attached hydrogens (tertiary/aromatic N) is 2. The number of hydrogen-bond donors (Lipinski definition) is 2. The number of hydrogen-bond acceptors (Lipinski definition) is 4. The van der Waals surface area contributed by atoms with Crippen molar-refractivity contribution in [3.8, 4) is 0 Å². The Morgan fingerprint density at radius 3 is 2.64 bits per heavy atom. The molecule has 1 saturated heterocycles. The van der Waals surface area contributed by atoms with Crippen molar-refractivity contribution in [1.82, 2.24) is 20.5 Å². The summed E-state index contributed by atoms with van der Waals surface area (Å²) in [7, 11) is 1.57. The van der Waals surface area contributed by atoms with E-state index in [9.17, 15) is 9.59 Å². The molecule has 1 aliphatic heterocycles. The topological polar surface area (TPSA) is 74.3 Å². The molecule has 1 aromatic rings. The van der Waals surface area contributed by atoms with Crippen LogP contribution in [0.15, 0.2) is 24.5 Å². The van der Waals surface area contributed by atoms with Gasteiger partial charge < -0.3 is 15.5 Å². The standard InChI is InChI=1S/C16H22N4O2/c1-11-9-20(10-12(2)19-11)15(21)5-4-13-6-14(8-18-7-13)16(22)17-3/h4-8,11-12,19H,9-10H2,1-3H3,(H,17,22). The van der Waals surface area contributed by atoms with Gasteiger partial charge in [0.15, 0.2) is 0 Å². The zero-order valence-electron chi connectivity index (χ0n) is 13.2. The van der Waals surface area contributed by atoms with Crippen molar-refractivity contribution in [2.24, 2.45) is 0 Å². The van der Waals surface area contributed by atoms with Crippen LogP contribution in [0.3, 0.4) is 0 Å². The monoisotopic (exact) mass is 302 g/mol. The van der Waals surface area contributed by atoms with E-state index in [0.29, 0.717) is 30.7 Å². The van der Waals surface area contributed by atoms with Crippen molar-refractivity contribution in [2.75, 3.05) is 20.1 Å². The molecule has 2 rings (SSSR count). The SMILES string of the molecule is CNC(=O)c1cncc(C=CC(=O)N2CC(C)NC(C)C2)c1. The van der Waals surface area contributed by atoms with E-state index in [1.807, 2.05) is 4.90 Å². The van der Waals surface area contributed by atoms with Gasteiger partial charge in [-0.1, -0.05) is 0 Å². The number of pyridine rings is 1. The lowest BCUT2D eigenvalue weighted by molar-refractivity contribution is -0.127. The first-order valence-corrected chi connectivity index (χ1v) is 7.39. The van der Waals surface area contributed by atoms with Crippen LogP contribution in [0.1, 0.15) is 29.8 Å². The maximum absolute atomic E-state index is 12.2. The first kappa shape index (κ1) is 16.2. The Morgan fingerprint density at radius 1 is 1.32 bits per heavy atom. The molecule has 1 aliphatic rings.